The molecule has 1 aromatic heterocycles. The number of benzene rings is 1. The second-order valence-corrected chi connectivity index (χ2v) is 5.62. The molecule has 0 atom stereocenters. The van der Waals surface area contributed by atoms with E-state index in [0.29, 0.717) is 6.54 Å². The molecule has 2 aromatic rings. The molecule has 110 valence electrons. The lowest BCUT2D eigenvalue weighted by molar-refractivity contribution is 0.756. The molecule has 2 N–H and O–H groups in total. The van der Waals surface area contributed by atoms with E-state index in [-0.39, 0.29) is 0 Å². The minimum absolute atomic E-state index is 0.567. The Bertz CT molecular complexity index is 599. The van der Waals surface area contributed by atoms with Crippen LogP contribution in [0, 0.1) is 0 Å². The molecule has 3 nitrogen and oxygen atoms in total. The van der Waals surface area contributed by atoms with Crippen molar-refractivity contribution >= 4 is 11.5 Å². The van der Waals surface area contributed by atoms with Gasteiger partial charge in [0.1, 0.15) is 5.82 Å². The van der Waals surface area contributed by atoms with Gasteiger partial charge >= 0.3 is 0 Å². The van der Waals surface area contributed by atoms with Crippen LogP contribution in [0.4, 0.5) is 11.5 Å². The molecule has 0 saturated heterocycles. The van der Waals surface area contributed by atoms with Gasteiger partial charge in [-0.3, -0.25) is 0 Å². The Morgan fingerprint density at radius 2 is 2.05 bits per heavy atom. The summed E-state index contributed by atoms with van der Waals surface area (Å²) in [6, 6.07) is 13.0. The van der Waals surface area contributed by atoms with Crippen LogP contribution in [0.25, 0.3) is 0 Å². The molecule has 1 aromatic carbocycles. The highest BCUT2D eigenvalue weighted by molar-refractivity contribution is 5.65. The normalized spacial score (nSPS) is 14.7. The van der Waals surface area contributed by atoms with Crippen LogP contribution in [0.15, 0.2) is 36.4 Å². The average Bonchev–Trinajstić information content (AvgIpc) is 2.76. The predicted octanol–water partition coefficient (Wildman–Crippen LogP) is 3.58. The first-order chi connectivity index (χ1) is 10.3. The van der Waals surface area contributed by atoms with Crippen LogP contribution in [0.3, 0.4) is 0 Å². The third kappa shape index (κ3) is 2.93. The third-order valence-electron chi connectivity index (χ3n) is 4.16. The Morgan fingerprint density at radius 3 is 2.86 bits per heavy atom. The lowest BCUT2D eigenvalue weighted by Gasteiger charge is -2.25. The molecule has 3 heteroatoms. The molecule has 2 heterocycles. The van der Waals surface area contributed by atoms with Crippen molar-refractivity contribution in [1.29, 1.82) is 0 Å². The molecule has 0 fully saturated rings. The molecule has 1 aliphatic heterocycles. The molecule has 21 heavy (non-hydrogen) atoms. The molecule has 0 radical (unpaired) electrons. The van der Waals surface area contributed by atoms with Crippen molar-refractivity contribution in [1.82, 2.24) is 4.98 Å². The number of nitrogens with two attached hydrogens (primary N) is 1. The number of hydrogen-bond acceptors (Lipinski definition) is 3. The van der Waals surface area contributed by atoms with Crippen molar-refractivity contribution in [2.24, 2.45) is 5.73 Å². The number of fused-ring (bicyclic) bond motifs is 1. The first-order valence-electron chi connectivity index (χ1n) is 7.87. The van der Waals surface area contributed by atoms with Crippen LogP contribution in [0.1, 0.15) is 36.6 Å². The van der Waals surface area contributed by atoms with E-state index in [9.17, 15) is 0 Å². The highest BCUT2D eigenvalue weighted by Gasteiger charge is 2.18. The molecule has 0 bridgehead atoms. The Hall–Kier alpha value is -1.87. The Labute approximate surface area is 126 Å². The largest absolute Gasteiger partial charge is 0.326 e. The number of anilines is 2. The molecule has 0 saturated carbocycles. The van der Waals surface area contributed by atoms with Crippen LogP contribution in [0.2, 0.25) is 0 Å². The second-order valence-electron chi connectivity index (χ2n) is 5.62. The monoisotopic (exact) mass is 281 g/mol. The maximum Gasteiger partial charge on any atom is 0.133 e. The van der Waals surface area contributed by atoms with Crippen molar-refractivity contribution < 1.29 is 0 Å². The summed E-state index contributed by atoms with van der Waals surface area (Å²) in [5, 5.41) is 0. The van der Waals surface area contributed by atoms with Gasteiger partial charge in [-0.1, -0.05) is 25.1 Å². The number of rotatable bonds is 3. The maximum absolute atomic E-state index is 5.85. The number of aromatic nitrogens is 1. The summed E-state index contributed by atoms with van der Waals surface area (Å²) in [7, 11) is 0. The van der Waals surface area contributed by atoms with E-state index in [0.717, 1.165) is 30.9 Å². The first kappa shape index (κ1) is 14.1. The van der Waals surface area contributed by atoms with Gasteiger partial charge in [0, 0.05) is 24.5 Å². The molecular formula is C18H23N3. The summed E-state index contributed by atoms with van der Waals surface area (Å²) in [6.07, 6.45) is 4.54. The van der Waals surface area contributed by atoms with Gasteiger partial charge in [0.15, 0.2) is 0 Å². The minimum atomic E-state index is 0.567. The molecule has 0 aliphatic carbocycles. The molecule has 0 unspecified atom stereocenters. The standard InChI is InChI=1S/C18H23N3/c1-2-16-11-14(13-19)12-18(20-16)21-10-6-5-8-15-7-3-4-9-17(15)21/h3-4,7,9,11-12H,2,5-6,8,10,13,19H2,1H3. The summed E-state index contributed by atoms with van der Waals surface area (Å²) in [6.45, 7) is 3.74. The summed E-state index contributed by atoms with van der Waals surface area (Å²) < 4.78 is 0. The van der Waals surface area contributed by atoms with E-state index in [2.05, 4.69) is 48.2 Å². The Kier molecular flexibility index (Phi) is 4.20. The second kappa shape index (κ2) is 6.27. The maximum atomic E-state index is 5.85. The fourth-order valence-corrected chi connectivity index (χ4v) is 3.00. The third-order valence-corrected chi connectivity index (χ3v) is 4.16. The number of nitrogens with zero attached hydrogens (tertiary/aromatic N) is 2. The van der Waals surface area contributed by atoms with Gasteiger partial charge in [0.05, 0.1) is 0 Å². The molecule has 3 rings (SSSR count). The van der Waals surface area contributed by atoms with Crippen molar-refractivity contribution in [3.63, 3.8) is 0 Å². The Morgan fingerprint density at radius 1 is 1.19 bits per heavy atom. The van der Waals surface area contributed by atoms with Gasteiger partial charge in [-0.25, -0.2) is 4.98 Å². The van der Waals surface area contributed by atoms with Crippen LogP contribution in [-0.4, -0.2) is 11.5 Å². The van der Waals surface area contributed by atoms with Gasteiger partial charge in [0.25, 0.3) is 0 Å². The summed E-state index contributed by atoms with van der Waals surface area (Å²) >= 11 is 0. The van der Waals surface area contributed by atoms with Crippen LogP contribution >= 0.6 is 0 Å². The van der Waals surface area contributed by atoms with E-state index in [1.165, 1.54) is 29.7 Å². The zero-order valence-electron chi connectivity index (χ0n) is 12.7. The number of para-hydroxylation sites is 1. The fourth-order valence-electron chi connectivity index (χ4n) is 3.00. The van der Waals surface area contributed by atoms with E-state index in [4.69, 9.17) is 10.7 Å². The lowest BCUT2D eigenvalue weighted by Crippen LogP contribution is -2.20. The van der Waals surface area contributed by atoms with Gasteiger partial charge in [0.2, 0.25) is 0 Å². The van der Waals surface area contributed by atoms with Gasteiger partial charge in [-0.05, 0) is 55.0 Å². The SMILES string of the molecule is CCc1cc(CN)cc(N2CCCCc3ccccc32)n1. The van der Waals surface area contributed by atoms with E-state index >= 15 is 0 Å². The van der Waals surface area contributed by atoms with Crippen LogP contribution in [-0.2, 0) is 19.4 Å². The Balaban J connectivity index is 2.07. The van der Waals surface area contributed by atoms with Crippen molar-refractivity contribution in [2.75, 3.05) is 11.4 Å². The summed E-state index contributed by atoms with van der Waals surface area (Å²) in [4.78, 5) is 7.20. The smallest absolute Gasteiger partial charge is 0.133 e. The topological polar surface area (TPSA) is 42.1 Å². The lowest BCUT2D eigenvalue weighted by atomic mass is 10.1. The van der Waals surface area contributed by atoms with Gasteiger partial charge < -0.3 is 10.6 Å². The average molecular weight is 281 g/mol. The van der Waals surface area contributed by atoms with E-state index in [1.54, 1.807) is 0 Å². The summed E-state index contributed by atoms with van der Waals surface area (Å²) in [5.74, 6) is 1.05. The van der Waals surface area contributed by atoms with Crippen LogP contribution in [0.5, 0.6) is 0 Å². The van der Waals surface area contributed by atoms with Crippen molar-refractivity contribution in [3.05, 3.63) is 53.2 Å². The minimum Gasteiger partial charge on any atom is -0.326 e. The van der Waals surface area contributed by atoms with Gasteiger partial charge in [-0.2, -0.15) is 0 Å². The molecule has 0 amide bonds. The molecule has 1 aliphatic rings. The first-order valence-corrected chi connectivity index (χ1v) is 7.87. The number of aryl methyl sites for hydroxylation is 2. The van der Waals surface area contributed by atoms with Crippen molar-refractivity contribution in [3.8, 4) is 0 Å². The van der Waals surface area contributed by atoms with E-state index < -0.39 is 0 Å². The van der Waals surface area contributed by atoms with Crippen molar-refractivity contribution in [2.45, 2.75) is 39.2 Å². The fraction of sp³-hybridized carbons (Fsp3) is 0.389. The quantitative estimate of drug-likeness (QED) is 0.935. The highest BCUT2D eigenvalue weighted by atomic mass is 15.2. The highest BCUT2D eigenvalue weighted by Crippen LogP contribution is 2.32. The number of hydrogen-bond donors (Lipinski definition) is 1. The zero-order valence-corrected chi connectivity index (χ0v) is 12.7. The number of pyridine rings is 1. The molecular weight excluding hydrogens is 258 g/mol. The van der Waals surface area contributed by atoms with E-state index in [1.807, 2.05) is 0 Å². The van der Waals surface area contributed by atoms with Crippen LogP contribution < -0.4 is 10.6 Å². The van der Waals surface area contributed by atoms with Gasteiger partial charge in [-0.15, -0.1) is 0 Å². The molecule has 0 spiro atoms. The summed E-state index contributed by atoms with van der Waals surface area (Å²) in [5.41, 5.74) is 10.9. The zero-order chi connectivity index (χ0) is 14.7. The predicted molar refractivity (Wildman–Crippen MR) is 87.9 cm³/mol.